The van der Waals surface area contributed by atoms with Gasteiger partial charge in [-0.15, -0.1) is 0 Å². The first-order chi connectivity index (χ1) is 16.4. The zero-order valence-corrected chi connectivity index (χ0v) is 20.0. The van der Waals surface area contributed by atoms with E-state index in [0.29, 0.717) is 17.0 Å². The molecule has 1 aromatic heterocycles. The van der Waals surface area contributed by atoms with Crippen molar-refractivity contribution in [1.29, 1.82) is 5.26 Å². The number of rotatable bonds is 2. The first-order valence-corrected chi connectivity index (χ1v) is 12.6. The third-order valence-corrected chi connectivity index (χ3v) is 8.73. The van der Waals surface area contributed by atoms with Crippen LogP contribution in [0.4, 0.5) is 4.39 Å². The van der Waals surface area contributed by atoms with Gasteiger partial charge in [0.15, 0.2) is 11.6 Å². The van der Waals surface area contributed by atoms with Gasteiger partial charge in [0.1, 0.15) is 6.07 Å². The summed E-state index contributed by atoms with van der Waals surface area (Å²) < 4.78 is 15.0. The van der Waals surface area contributed by atoms with Gasteiger partial charge >= 0.3 is 0 Å². The lowest BCUT2D eigenvalue weighted by Crippen LogP contribution is -2.48. The summed E-state index contributed by atoms with van der Waals surface area (Å²) in [5, 5.41) is 9.80. The van der Waals surface area contributed by atoms with Crippen molar-refractivity contribution in [2.24, 2.45) is 0 Å². The second-order valence-corrected chi connectivity index (χ2v) is 10.8. The van der Waals surface area contributed by atoms with Crippen molar-refractivity contribution < 1.29 is 9.18 Å². The highest BCUT2D eigenvalue weighted by Crippen LogP contribution is 2.47. The highest BCUT2D eigenvalue weighted by Gasteiger charge is 2.43. The van der Waals surface area contributed by atoms with E-state index in [0.717, 1.165) is 42.4 Å². The number of fused-ring (bicyclic) bond motifs is 3. The number of likely N-dealkylation sites (tertiary alicyclic amines) is 2. The van der Waals surface area contributed by atoms with Crippen molar-refractivity contribution in [3.05, 3.63) is 58.1 Å². The average Bonchev–Trinajstić information content (AvgIpc) is 3.52. The number of benzene rings is 1. The number of ketones is 1. The van der Waals surface area contributed by atoms with E-state index in [1.807, 2.05) is 12.1 Å². The highest BCUT2D eigenvalue weighted by molar-refractivity contribution is 6.20. The first-order valence-electron chi connectivity index (χ1n) is 12.6. The van der Waals surface area contributed by atoms with Crippen LogP contribution in [0.1, 0.15) is 67.6 Å². The van der Waals surface area contributed by atoms with Crippen LogP contribution in [0, 0.1) is 17.1 Å². The van der Waals surface area contributed by atoms with Gasteiger partial charge in [-0.25, -0.2) is 4.39 Å². The summed E-state index contributed by atoms with van der Waals surface area (Å²) in [5.74, 6) is -0.618. The van der Waals surface area contributed by atoms with E-state index in [1.54, 1.807) is 6.07 Å². The van der Waals surface area contributed by atoms with Crippen molar-refractivity contribution in [1.82, 2.24) is 14.8 Å². The normalized spacial score (nSPS) is 25.6. The number of H-pyrrole nitrogens is 1. The number of nitrogens with one attached hydrogen (secondary N) is 1. The molecule has 0 spiro atoms. The number of aromatic nitrogens is 1. The first kappa shape index (κ1) is 21.8. The Hall–Kier alpha value is -2.75. The molecule has 4 aliphatic rings. The molecule has 176 valence electrons. The molecule has 1 atom stereocenters. The Balaban J connectivity index is 1.29. The zero-order chi connectivity index (χ0) is 23.6. The summed E-state index contributed by atoms with van der Waals surface area (Å²) in [7, 11) is 0. The Kier molecular flexibility index (Phi) is 5.05. The lowest BCUT2D eigenvalue weighted by molar-refractivity contribution is 0.101. The van der Waals surface area contributed by atoms with Gasteiger partial charge in [0.2, 0.25) is 0 Å². The maximum atomic E-state index is 15.0. The number of piperidine rings is 1. The van der Waals surface area contributed by atoms with E-state index < -0.39 is 11.2 Å². The molecular weight excluding hydrogens is 427 g/mol. The molecule has 34 heavy (non-hydrogen) atoms. The average molecular weight is 459 g/mol. The minimum Gasteiger partial charge on any atom is -0.355 e. The third-order valence-electron chi connectivity index (χ3n) is 8.73. The maximum Gasteiger partial charge on any atom is 0.195 e. The number of nitrogens with zero attached hydrogens (tertiary/aromatic N) is 3. The van der Waals surface area contributed by atoms with Crippen molar-refractivity contribution >= 4 is 16.7 Å². The Labute approximate surface area is 199 Å². The molecule has 5 nitrogen and oxygen atoms in total. The van der Waals surface area contributed by atoms with Crippen molar-refractivity contribution in [3.63, 3.8) is 0 Å². The van der Waals surface area contributed by atoms with E-state index in [-0.39, 0.29) is 16.9 Å². The van der Waals surface area contributed by atoms with Crippen LogP contribution in [0.15, 0.2) is 35.4 Å². The predicted molar refractivity (Wildman–Crippen MR) is 130 cm³/mol. The van der Waals surface area contributed by atoms with Crippen LogP contribution < -0.4 is 0 Å². The van der Waals surface area contributed by atoms with Gasteiger partial charge in [0.05, 0.1) is 16.6 Å². The number of hydrogen-bond acceptors (Lipinski definition) is 4. The standard InChI is InChI=1S/C28H31FN4O/c1-28(2)22-15-19(33-13-9-18(10-14-33)32-11-3-4-12-32)6-8-20(22)26(34)23-21-7-5-17(16-30)24(29)25(21)31-27(23)28/h5-8,18-19,31H,3-4,9-15H2,1-2H3. The quantitative estimate of drug-likeness (QED) is 0.700. The van der Waals surface area contributed by atoms with Gasteiger partial charge in [-0.1, -0.05) is 32.1 Å². The molecule has 0 amide bonds. The van der Waals surface area contributed by atoms with Crippen molar-refractivity contribution in [2.45, 2.75) is 63.5 Å². The molecule has 2 aliphatic carbocycles. The summed E-state index contributed by atoms with van der Waals surface area (Å²) in [6, 6.07) is 6.08. The number of nitriles is 1. The van der Waals surface area contributed by atoms with Crippen LogP contribution in [-0.2, 0) is 5.41 Å². The van der Waals surface area contributed by atoms with E-state index in [2.05, 4.69) is 34.7 Å². The molecule has 0 radical (unpaired) electrons. The van der Waals surface area contributed by atoms with Crippen LogP contribution in [0.3, 0.4) is 0 Å². The molecule has 2 aromatic rings. The summed E-state index contributed by atoms with van der Waals surface area (Å²) in [6.07, 6.45) is 10.1. The Morgan fingerprint density at radius 1 is 1.12 bits per heavy atom. The number of allylic oxidation sites excluding steroid dienone is 2. The number of Topliss-reactive ketones (excluding diaryl/α,β-unsaturated/α-hetero) is 1. The minimum absolute atomic E-state index is 0.00799. The molecule has 6 heteroatoms. The summed E-state index contributed by atoms with van der Waals surface area (Å²) in [4.78, 5) is 22.1. The summed E-state index contributed by atoms with van der Waals surface area (Å²) >= 11 is 0. The van der Waals surface area contributed by atoms with Crippen molar-refractivity contribution in [2.75, 3.05) is 26.2 Å². The van der Waals surface area contributed by atoms with E-state index in [1.165, 1.54) is 44.8 Å². The number of hydrogen-bond donors (Lipinski definition) is 1. The molecule has 1 aromatic carbocycles. The number of carbonyl (C=O) groups excluding carboxylic acids is 1. The molecule has 0 bridgehead atoms. The molecule has 3 heterocycles. The van der Waals surface area contributed by atoms with E-state index in [4.69, 9.17) is 0 Å². The fourth-order valence-electron chi connectivity index (χ4n) is 6.75. The van der Waals surface area contributed by atoms with E-state index in [9.17, 15) is 14.4 Å². The van der Waals surface area contributed by atoms with Gasteiger partial charge in [-0.3, -0.25) is 9.69 Å². The second-order valence-electron chi connectivity index (χ2n) is 10.8. The fraction of sp³-hybridized carbons (Fsp3) is 0.500. The SMILES string of the molecule is CC1(C)C2=C(C=CC(N3CCC(N4CCCC4)CC3)C2)C(=O)c2c1[nH]c1c(F)c(C#N)ccc21. The number of carbonyl (C=O) groups is 1. The summed E-state index contributed by atoms with van der Waals surface area (Å²) in [5.41, 5.74) is 3.03. The summed E-state index contributed by atoms with van der Waals surface area (Å²) in [6.45, 7) is 8.94. The lowest BCUT2D eigenvalue weighted by atomic mass is 9.67. The fourth-order valence-corrected chi connectivity index (χ4v) is 6.75. The maximum absolute atomic E-state index is 15.0. The monoisotopic (exact) mass is 458 g/mol. The smallest absolute Gasteiger partial charge is 0.195 e. The molecule has 2 saturated heterocycles. The van der Waals surface area contributed by atoms with Crippen LogP contribution in [0.25, 0.3) is 10.9 Å². The van der Waals surface area contributed by atoms with Gasteiger partial charge in [-0.05, 0) is 56.8 Å². The Morgan fingerprint density at radius 3 is 2.56 bits per heavy atom. The molecule has 0 saturated carbocycles. The molecule has 2 aliphatic heterocycles. The number of aromatic amines is 1. The Bertz CT molecular complexity index is 1280. The van der Waals surface area contributed by atoms with E-state index >= 15 is 0 Å². The van der Waals surface area contributed by atoms with Crippen molar-refractivity contribution in [3.8, 4) is 6.07 Å². The van der Waals surface area contributed by atoms with Gasteiger partial charge in [-0.2, -0.15) is 5.26 Å². The zero-order valence-electron chi connectivity index (χ0n) is 20.0. The highest BCUT2D eigenvalue weighted by atomic mass is 19.1. The largest absolute Gasteiger partial charge is 0.355 e. The molecule has 6 rings (SSSR count). The van der Waals surface area contributed by atoms with Gasteiger partial charge in [0, 0.05) is 47.2 Å². The van der Waals surface area contributed by atoms with Crippen LogP contribution in [-0.4, -0.2) is 58.8 Å². The minimum atomic E-state index is -0.578. The molecular formula is C28H31FN4O. The Morgan fingerprint density at radius 2 is 1.85 bits per heavy atom. The number of halogens is 1. The molecule has 1 unspecified atom stereocenters. The third kappa shape index (κ3) is 3.14. The predicted octanol–water partition coefficient (Wildman–Crippen LogP) is 4.84. The topological polar surface area (TPSA) is 63.1 Å². The van der Waals surface area contributed by atoms with Crippen LogP contribution >= 0.6 is 0 Å². The van der Waals surface area contributed by atoms with Crippen LogP contribution in [0.2, 0.25) is 0 Å². The molecule has 1 N–H and O–H groups in total. The van der Waals surface area contributed by atoms with Crippen LogP contribution in [0.5, 0.6) is 0 Å². The molecule has 2 fully saturated rings. The van der Waals surface area contributed by atoms with Gasteiger partial charge in [0.25, 0.3) is 0 Å². The van der Waals surface area contributed by atoms with Gasteiger partial charge < -0.3 is 9.88 Å². The lowest BCUT2D eigenvalue weighted by Gasteiger charge is -2.43. The second kappa shape index (κ2) is 7.90.